The minimum atomic E-state index is -0.184. The third kappa shape index (κ3) is 4.48. The molecule has 0 aliphatic carbocycles. The van der Waals surface area contributed by atoms with Gasteiger partial charge in [-0.25, -0.2) is 0 Å². The third-order valence-corrected chi connectivity index (χ3v) is 4.88. The average molecular weight is 341 g/mol. The summed E-state index contributed by atoms with van der Waals surface area (Å²) in [5, 5.41) is 6.89. The second-order valence-corrected chi connectivity index (χ2v) is 7.40. The molecule has 0 unspecified atom stereocenters. The molecule has 0 saturated carbocycles. The fraction of sp³-hybridized carbons (Fsp3) is 0.500. The van der Waals surface area contributed by atoms with Crippen LogP contribution in [0.15, 0.2) is 40.9 Å². The minimum Gasteiger partial charge on any atom is -0.355 e. The highest BCUT2D eigenvalue weighted by Gasteiger charge is 2.25. The van der Waals surface area contributed by atoms with Crippen molar-refractivity contribution in [2.75, 3.05) is 19.6 Å². The lowest BCUT2D eigenvalue weighted by Crippen LogP contribution is -2.48. The van der Waals surface area contributed by atoms with Crippen molar-refractivity contribution < 1.29 is 9.32 Å². The first-order chi connectivity index (χ1) is 12.0. The average Bonchev–Trinajstić information content (AvgIpc) is 3.09. The van der Waals surface area contributed by atoms with Gasteiger partial charge in [0.2, 0.25) is 0 Å². The molecule has 1 fully saturated rings. The number of carbonyl (C=O) groups excluding carboxylic acids is 1. The molecule has 0 spiro atoms. The molecule has 2 aromatic rings. The maximum absolute atomic E-state index is 12.4. The van der Waals surface area contributed by atoms with Gasteiger partial charge in [-0.3, -0.25) is 9.69 Å². The molecule has 5 heteroatoms. The zero-order valence-electron chi connectivity index (χ0n) is 15.2. The monoisotopic (exact) mass is 341 g/mol. The molecule has 1 amide bonds. The summed E-state index contributed by atoms with van der Waals surface area (Å²) < 4.78 is 5.30. The first kappa shape index (κ1) is 17.7. The van der Waals surface area contributed by atoms with Gasteiger partial charge in [0, 0.05) is 37.3 Å². The van der Waals surface area contributed by atoms with Crippen LogP contribution in [-0.2, 0) is 0 Å². The van der Waals surface area contributed by atoms with Gasteiger partial charge in [-0.1, -0.05) is 49.3 Å². The van der Waals surface area contributed by atoms with Crippen molar-refractivity contribution in [1.29, 1.82) is 0 Å². The van der Waals surface area contributed by atoms with Crippen LogP contribution in [0.5, 0.6) is 0 Å². The molecule has 1 N–H and O–H groups in total. The highest BCUT2D eigenvalue weighted by Crippen LogP contribution is 2.22. The molecule has 1 aliphatic rings. The number of hydrogen-bond donors (Lipinski definition) is 1. The van der Waals surface area contributed by atoms with Crippen LogP contribution in [0.3, 0.4) is 0 Å². The van der Waals surface area contributed by atoms with Gasteiger partial charge in [0.15, 0.2) is 11.5 Å². The molecule has 0 radical (unpaired) electrons. The molecule has 1 aromatic heterocycles. The fourth-order valence-corrected chi connectivity index (χ4v) is 3.65. The predicted molar refractivity (Wildman–Crippen MR) is 98.3 cm³/mol. The van der Waals surface area contributed by atoms with Gasteiger partial charge in [0.25, 0.3) is 5.91 Å². The van der Waals surface area contributed by atoms with E-state index in [1.165, 1.54) is 6.42 Å². The zero-order valence-corrected chi connectivity index (χ0v) is 15.2. The van der Waals surface area contributed by atoms with E-state index in [4.69, 9.17) is 4.52 Å². The van der Waals surface area contributed by atoms with Crippen LogP contribution in [0, 0.1) is 11.8 Å². The van der Waals surface area contributed by atoms with Gasteiger partial charge in [-0.15, -0.1) is 0 Å². The van der Waals surface area contributed by atoms with E-state index < -0.39 is 0 Å². The summed E-state index contributed by atoms with van der Waals surface area (Å²) in [7, 11) is 0. The molecule has 5 nitrogen and oxygen atoms in total. The predicted octanol–water partition coefficient (Wildman–Crippen LogP) is 3.44. The van der Waals surface area contributed by atoms with Crippen LogP contribution in [0.1, 0.15) is 37.7 Å². The summed E-state index contributed by atoms with van der Waals surface area (Å²) in [6.45, 7) is 9.59. The van der Waals surface area contributed by atoms with E-state index >= 15 is 0 Å². The molecule has 134 valence electrons. The number of likely N-dealkylation sites (tertiary alicyclic amines) is 1. The fourth-order valence-electron chi connectivity index (χ4n) is 3.65. The highest BCUT2D eigenvalue weighted by atomic mass is 16.5. The van der Waals surface area contributed by atoms with Gasteiger partial charge in [-0.2, -0.15) is 0 Å². The number of aromatic nitrogens is 1. The maximum Gasteiger partial charge on any atom is 0.273 e. The number of amides is 1. The summed E-state index contributed by atoms with van der Waals surface area (Å²) >= 11 is 0. The lowest BCUT2D eigenvalue weighted by atomic mass is 9.91. The molecular weight excluding hydrogens is 314 g/mol. The Morgan fingerprint density at radius 2 is 1.96 bits per heavy atom. The Labute approximate surface area is 149 Å². The van der Waals surface area contributed by atoms with Crippen LogP contribution in [0.25, 0.3) is 11.3 Å². The van der Waals surface area contributed by atoms with Crippen LogP contribution in [-0.4, -0.2) is 41.6 Å². The first-order valence-corrected chi connectivity index (χ1v) is 9.07. The topological polar surface area (TPSA) is 58.4 Å². The van der Waals surface area contributed by atoms with Crippen molar-refractivity contribution in [1.82, 2.24) is 15.4 Å². The molecule has 3 atom stereocenters. The van der Waals surface area contributed by atoms with E-state index in [2.05, 4.69) is 36.1 Å². The molecule has 25 heavy (non-hydrogen) atoms. The molecule has 1 aromatic carbocycles. The smallest absolute Gasteiger partial charge is 0.273 e. The number of carbonyl (C=O) groups is 1. The summed E-state index contributed by atoms with van der Waals surface area (Å²) in [6.07, 6.45) is 1.29. The van der Waals surface area contributed by atoms with Crippen molar-refractivity contribution in [3.63, 3.8) is 0 Å². The number of rotatable bonds is 5. The number of nitrogens with one attached hydrogen (secondary N) is 1. The van der Waals surface area contributed by atoms with Gasteiger partial charge >= 0.3 is 0 Å². The standard InChI is InChI=1S/C20H27N3O2/c1-14-9-15(2)13-23(12-14)16(3)11-21-20(24)18-10-19(25-22-18)17-7-5-4-6-8-17/h4-8,10,14-16H,9,11-13H2,1-3H3,(H,21,24)/t14-,15+,16-/m0/s1. The van der Waals surface area contributed by atoms with Gasteiger partial charge in [-0.05, 0) is 25.2 Å². The van der Waals surface area contributed by atoms with Gasteiger partial charge in [0.05, 0.1) is 0 Å². The second-order valence-electron chi connectivity index (χ2n) is 7.40. The number of hydrogen-bond acceptors (Lipinski definition) is 4. The van der Waals surface area contributed by atoms with Crippen molar-refractivity contribution in [3.8, 4) is 11.3 Å². The van der Waals surface area contributed by atoms with Crippen molar-refractivity contribution in [2.24, 2.45) is 11.8 Å². The SMILES string of the molecule is C[C@@H]1C[C@H](C)CN([C@@H](C)CNC(=O)c2cc(-c3ccccc3)on2)C1. The Hall–Kier alpha value is -2.14. The molecular formula is C20H27N3O2. The van der Waals surface area contributed by atoms with E-state index in [0.717, 1.165) is 18.7 Å². The van der Waals surface area contributed by atoms with E-state index in [-0.39, 0.29) is 5.91 Å². The number of benzene rings is 1. The summed E-state index contributed by atoms with van der Waals surface area (Å²) in [4.78, 5) is 14.8. The lowest BCUT2D eigenvalue weighted by Gasteiger charge is -2.38. The van der Waals surface area contributed by atoms with E-state index in [1.54, 1.807) is 6.07 Å². The van der Waals surface area contributed by atoms with Crippen LogP contribution >= 0.6 is 0 Å². The molecule has 3 rings (SSSR count). The summed E-state index contributed by atoms with van der Waals surface area (Å²) in [5.41, 5.74) is 1.24. The van der Waals surface area contributed by atoms with Crippen molar-refractivity contribution in [3.05, 3.63) is 42.1 Å². The Morgan fingerprint density at radius 3 is 2.64 bits per heavy atom. The van der Waals surface area contributed by atoms with Crippen LogP contribution in [0.4, 0.5) is 0 Å². The van der Waals surface area contributed by atoms with Gasteiger partial charge < -0.3 is 9.84 Å². The summed E-state index contributed by atoms with van der Waals surface area (Å²) in [5.74, 6) is 1.85. The largest absolute Gasteiger partial charge is 0.355 e. The summed E-state index contributed by atoms with van der Waals surface area (Å²) in [6, 6.07) is 11.7. The third-order valence-electron chi connectivity index (χ3n) is 4.88. The minimum absolute atomic E-state index is 0.184. The van der Waals surface area contributed by atoms with E-state index in [0.29, 0.717) is 35.9 Å². The Morgan fingerprint density at radius 1 is 1.28 bits per heavy atom. The lowest BCUT2D eigenvalue weighted by molar-refractivity contribution is 0.0862. The first-order valence-electron chi connectivity index (χ1n) is 9.07. The Bertz CT molecular complexity index is 688. The Balaban J connectivity index is 1.55. The van der Waals surface area contributed by atoms with Crippen LogP contribution < -0.4 is 5.32 Å². The van der Waals surface area contributed by atoms with Gasteiger partial charge in [0.1, 0.15) is 0 Å². The zero-order chi connectivity index (χ0) is 17.8. The normalized spacial score (nSPS) is 22.5. The molecule has 1 saturated heterocycles. The molecule has 0 bridgehead atoms. The van der Waals surface area contributed by atoms with Crippen LogP contribution in [0.2, 0.25) is 0 Å². The van der Waals surface area contributed by atoms with E-state index in [1.807, 2.05) is 30.3 Å². The second kappa shape index (κ2) is 7.83. The van der Waals surface area contributed by atoms with E-state index in [9.17, 15) is 4.79 Å². The number of nitrogens with zero attached hydrogens (tertiary/aromatic N) is 2. The van der Waals surface area contributed by atoms with Crippen molar-refractivity contribution in [2.45, 2.75) is 33.2 Å². The quantitative estimate of drug-likeness (QED) is 0.905. The molecule has 2 heterocycles. The maximum atomic E-state index is 12.4. The van der Waals surface area contributed by atoms with Crippen molar-refractivity contribution >= 4 is 5.91 Å². The Kier molecular flexibility index (Phi) is 5.53. The highest BCUT2D eigenvalue weighted by molar-refractivity contribution is 5.93. The number of piperidine rings is 1. The molecule has 1 aliphatic heterocycles.